The second-order valence-corrected chi connectivity index (χ2v) is 8.65. The summed E-state index contributed by atoms with van der Waals surface area (Å²) >= 11 is 1.53. The number of aryl methyl sites for hydroxylation is 3. The fraction of sp³-hybridized carbons (Fsp3) is 0.429. The van der Waals surface area contributed by atoms with E-state index in [0.717, 1.165) is 39.7 Å². The molecule has 0 saturated carbocycles. The smallest absolute Gasteiger partial charge is 0.262 e. The molecule has 0 spiro atoms. The molecule has 1 fully saturated rings. The summed E-state index contributed by atoms with van der Waals surface area (Å²) in [4.78, 5) is 38.0. The summed E-state index contributed by atoms with van der Waals surface area (Å²) in [5.74, 6) is 0.886. The minimum atomic E-state index is -0.0882. The van der Waals surface area contributed by atoms with E-state index in [4.69, 9.17) is 0 Å². The minimum absolute atomic E-state index is 0.0750. The highest BCUT2D eigenvalue weighted by Gasteiger charge is 2.14. The number of anilines is 1. The Morgan fingerprint density at radius 1 is 1.24 bits per heavy atom. The van der Waals surface area contributed by atoms with Gasteiger partial charge in [-0.3, -0.25) is 14.2 Å². The summed E-state index contributed by atoms with van der Waals surface area (Å²) in [6, 6.07) is 3.96. The predicted molar refractivity (Wildman–Crippen MR) is 116 cm³/mol. The van der Waals surface area contributed by atoms with Crippen molar-refractivity contribution in [3.8, 4) is 0 Å². The van der Waals surface area contributed by atoms with Gasteiger partial charge in [-0.05, 0) is 49.9 Å². The van der Waals surface area contributed by atoms with Crippen LogP contribution in [0, 0.1) is 13.8 Å². The molecule has 1 saturated heterocycles. The standard InChI is InChI=1S/C21H25N5O2S/c1-14-15(2)29-20-19(14)21(28)26(13-24-20)10-6-18(27)23-12-16-5-7-22-17(11-16)25-8-3-4-9-25/h5,7,11,13H,3-4,6,8-10,12H2,1-2H3,(H,23,27). The first-order valence-electron chi connectivity index (χ1n) is 9.94. The maximum Gasteiger partial charge on any atom is 0.262 e. The number of aromatic nitrogens is 3. The molecule has 7 nitrogen and oxygen atoms in total. The number of hydrogen-bond acceptors (Lipinski definition) is 6. The number of fused-ring (bicyclic) bond motifs is 1. The van der Waals surface area contributed by atoms with Crippen molar-refractivity contribution >= 4 is 33.3 Å². The molecule has 0 aliphatic carbocycles. The van der Waals surface area contributed by atoms with E-state index in [0.29, 0.717) is 18.5 Å². The van der Waals surface area contributed by atoms with E-state index >= 15 is 0 Å². The van der Waals surface area contributed by atoms with Gasteiger partial charge in [0.1, 0.15) is 10.6 Å². The minimum Gasteiger partial charge on any atom is -0.357 e. The molecular formula is C21H25N5O2S. The fourth-order valence-corrected chi connectivity index (χ4v) is 4.62. The predicted octanol–water partition coefficient (Wildman–Crippen LogP) is 2.78. The molecular weight excluding hydrogens is 386 g/mol. The Labute approximate surface area is 173 Å². The topological polar surface area (TPSA) is 80.1 Å². The SMILES string of the molecule is Cc1sc2ncn(CCC(=O)NCc3ccnc(N4CCCC4)c3)c(=O)c2c1C. The largest absolute Gasteiger partial charge is 0.357 e. The van der Waals surface area contributed by atoms with Gasteiger partial charge in [0, 0.05) is 43.7 Å². The molecule has 152 valence electrons. The van der Waals surface area contributed by atoms with Crippen LogP contribution in [-0.4, -0.2) is 33.5 Å². The van der Waals surface area contributed by atoms with Gasteiger partial charge in [0.2, 0.25) is 5.91 Å². The van der Waals surface area contributed by atoms with Crippen molar-refractivity contribution in [3.63, 3.8) is 0 Å². The van der Waals surface area contributed by atoms with Crippen molar-refractivity contribution in [2.45, 2.75) is 46.2 Å². The molecule has 3 aromatic heterocycles. The number of pyridine rings is 1. The zero-order valence-electron chi connectivity index (χ0n) is 16.8. The van der Waals surface area contributed by atoms with E-state index in [2.05, 4.69) is 20.2 Å². The highest BCUT2D eigenvalue weighted by atomic mass is 32.1. The lowest BCUT2D eigenvalue weighted by Gasteiger charge is -2.17. The Kier molecular flexibility index (Phi) is 5.62. The van der Waals surface area contributed by atoms with Gasteiger partial charge in [0.05, 0.1) is 11.7 Å². The van der Waals surface area contributed by atoms with Crippen LogP contribution in [0.4, 0.5) is 5.82 Å². The average molecular weight is 412 g/mol. The molecule has 3 aromatic rings. The summed E-state index contributed by atoms with van der Waals surface area (Å²) in [5.41, 5.74) is 1.93. The number of carbonyl (C=O) groups is 1. The normalized spacial score (nSPS) is 13.9. The van der Waals surface area contributed by atoms with Gasteiger partial charge in [0.15, 0.2) is 0 Å². The molecule has 0 radical (unpaired) electrons. The number of amides is 1. The Bertz CT molecular complexity index is 1100. The van der Waals surface area contributed by atoms with E-state index in [1.807, 2.05) is 26.0 Å². The highest BCUT2D eigenvalue weighted by Crippen LogP contribution is 2.25. The molecule has 8 heteroatoms. The van der Waals surface area contributed by atoms with Crippen LogP contribution in [0.5, 0.6) is 0 Å². The van der Waals surface area contributed by atoms with Crippen LogP contribution in [0.3, 0.4) is 0 Å². The Balaban J connectivity index is 1.35. The second kappa shape index (κ2) is 8.32. The number of rotatable bonds is 6. The molecule has 0 atom stereocenters. The maximum atomic E-state index is 12.7. The molecule has 4 heterocycles. The van der Waals surface area contributed by atoms with E-state index < -0.39 is 0 Å². The molecule has 0 unspecified atom stereocenters. The van der Waals surface area contributed by atoms with Crippen LogP contribution in [0.1, 0.15) is 35.3 Å². The van der Waals surface area contributed by atoms with Crippen LogP contribution >= 0.6 is 11.3 Å². The third-order valence-corrected chi connectivity index (χ3v) is 6.58. The lowest BCUT2D eigenvalue weighted by Crippen LogP contribution is -2.27. The van der Waals surface area contributed by atoms with Crippen molar-refractivity contribution in [1.29, 1.82) is 0 Å². The average Bonchev–Trinajstić information content (AvgIpc) is 3.35. The Hall–Kier alpha value is -2.74. The molecule has 1 N–H and O–H groups in total. The van der Waals surface area contributed by atoms with Gasteiger partial charge in [-0.2, -0.15) is 0 Å². The fourth-order valence-electron chi connectivity index (χ4n) is 3.63. The summed E-state index contributed by atoms with van der Waals surface area (Å²) in [6.07, 6.45) is 5.97. The third kappa shape index (κ3) is 4.17. The first-order chi connectivity index (χ1) is 14.0. The van der Waals surface area contributed by atoms with E-state index in [1.165, 1.54) is 28.7 Å². The molecule has 0 aromatic carbocycles. The van der Waals surface area contributed by atoms with Crippen LogP contribution in [-0.2, 0) is 17.9 Å². The van der Waals surface area contributed by atoms with Crippen molar-refractivity contribution in [1.82, 2.24) is 19.9 Å². The van der Waals surface area contributed by atoms with Gasteiger partial charge in [-0.15, -0.1) is 11.3 Å². The van der Waals surface area contributed by atoms with Crippen LogP contribution < -0.4 is 15.8 Å². The molecule has 1 amide bonds. The molecule has 1 aliphatic heterocycles. The highest BCUT2D eigenvalue weighted by molar-refractivity contribution is 7.18. The van der Waals surface area contributed by atoms with E-state index in [1.54, 1.807) is 12.5 Å². The summed E-state index contributed by atoms with van der Waals surface area (Å²) in [7, 11) is 0. The quantitative estimate of drug-likeness (QED) is 0.675. The molecule has 0 bridgehead atoms. The Morgan fingerprint density at radius 2 is 2.03 bits per heavy atom. The lowest BCUT2D eigenvalue weighted by molar-refractivity contribution is -0.121. The number of carbonyl (C=O) groups excluding carboxylic acids is 1. The van der Waals surface area contributed by atoms with Crippen LogP contribution in [0.15, 0.2) is 29.5 Å². The number of thiophene rings is 1. The summed E-state index contributed by atoms with van der Waals surface area (Å²) in [6.45, 7) is 6.79. The molecule has 4 rings (SSSR count). The van der Waals surface area contributed by atoms with Crippen molar-refractivity contribution in [2.75, 3.05) is 18.0 Å². The van der Waals surface area contributed by atoms with Crippen LogP contribution in [0.2, 0.25) is 0 Å². The molecule has 1 aliphatic rings. The van der Waals surface area contributed by atoms with E-state index in [-0.39, 0.29) is 17.9 Å². The zero-order valence-corrected chi connectivity index (χ0v) is 17.6. The van der Waals surface area contributed by atoms with Gasteiger partial charge in [0.25, 0.3) is 5.56 Å². The number of nitrogens with one attached hydrogen (secondary N) is 1. The second-order valence-electron chi connectivity index (χ2n) is 7.45. The lowest BCUT2D eigenvalue weighted by atomic mass is 10.2. The first-order valence-corrected chi connectivity index (χ1v) is 10.8. The van der Waals surface area contributed by atoms with Crippen LogP contribution in [0.25, 0.3) is 10.2 Å². The van der Waals surface area contributed by atoms with Gasteiger partial charge in [-0.1, -0.05) is 0 Å². The maximum absolute atomic E-state index is 12.7. The van der Waals surface area contributed by atoms with Crippen molar-refractivity contribution in [3.05, 3.63) is 51.0 Å². The van der Waals surface area contributed by atoms with Gasteiger partial charge < -0.3 is 10.2 Å². The Morgan fingerprint density at radius 3 is 2.83 bits per heavy atom. The first kappa shape index (κ1) is 19.6. The van der Waals surface area contributed by atoms with Crippen molar-refractivity contribution in [2.24, 2.45) is 0 Å². The summed E-state index contributed by atoms with van der Waals surface area (Å²) in [5, 5.41) is 3.61. The zero-order chi connectivity index (χ0) is 20.4. The van der Waals surface area contributed by atoms with Gasteiger partial charge in [-0.25, -0.2) is 9.97 Å². The number of nitrogens with zero attached hydrogens (tertiary/aromatic N) is 4. The number of hydrogen-bond donors (Lipinski definition) is 1. The van der Waals surface area contributed by atoms with E-state index in [9.17, 15) is 9.59 Å². The van der Waals surface area contributed by atoms with Gasteiger partial charge >= 0.3 is 0 Å². The molecule has 29 heavy (non-hydrogen) atoms. The van der Waals surface area contributed by atoms with Crippen molar-refractivity contribution < 1.29 is 4.79 Å². The monoisotopic (exact) mass is 411 g/mol. The summed E-state index contributed by atoms with van der Waals surface area (Å²) < 4.78 is 1.53. The third-order valence-electron chi connectivity index (χ3n) is 5.47.